The smallest absolute Gasteiger partial charge is 0.255 e. The largest absolute Gasteiger partial charge is 0.494 e. The minimum atomic E-state index is -0.584. The molecule has 162 valence electrons. The summed E-state index contributed by atoms with van der Waals surface area (Å²) < 4.78 is 18.7. The number of ether oxygens (including phenoxy) is 1. The van der Waals surface area contributed by atoms with Gasteiger partial charge in [-0.15, -0.1) is 0 Å². The minimum absolute atomic E-state index is 0.0936. The zero-order valence-corrected chi connectivity index (χ0v) is 18.1. The summed E-state index contributed by atoms with van der Waals surface area (Å²) >= 11 is 0. The zero-order valence-electron chi connectivity index (χ0n) is 18.1. The number of rotatable bonds is 8. The van der Waals surface area contributed by atoms with Gasteiger partial charge < -0.3 is 20.3 Å². The van der Waals surface area contributed by atoms with E-state index in [2.05, 4.69) is 39.3 Å². The summed E-state index contributed by atoms with van der Waals surface area (Å²) in [6.07, 6.45) is 0. The molecule has 3 rings (SSSR count). The second kappa shape index (κ2) is 9.88. The van der Waals surface area contributed by atoms with Gasteiger partial charge in [0.05, 0.1) is 7.11 Å². The van der Waals surface area contributed by atoms with Crippen LogP contribution in [-0.4, -0.2) is 36.1 Å². The van der Waals surface area contributed by atoms with Crippen LogP contribution in [0.15, 0.2) is 48.5 Å². The van der Waals surface area contributed by atoms with Gasteiger partial charge in [-0.1, -0.05) is 0 Å². The Morgan fingerprint density at radius 3 is 2.32 bits per heavy atom. The highest BCUT2D eigenvalue weighted by molar-refractivity contribution is 6.04. The van der Waals surface area contributed by atoms with Crippen LogP contribution in [0.2, 0.25) is 0 Å². The van der Waals surface area contributed by atoms with Gasteiger partial charge in [-0.2, -0.15) is 0 Å². The van der Waals surface area contributed by atoms with Gasteiger partial charge >= 0.3 is 0 Å². The lowest BCUT2D eigenvalue weighted by Gasteiger charge is -2.20. The molecule has 0 aliphatic rings. The van der Waals surface area contributed by atoms with Crippen molar-refractivity contribution in [3.05, 3.63) is 65.7 Å². The maximum Gasteiger partial charge on any atom is 0.255 e. The maximum atomic E-state index is 13.8. The molecule has 0 saturated heterocycles. The van der Waals surface area contributed by atoms with E-state index in [1.807, 2.05) is 25.1 Å². The van der Waals surface area contributed by atoms with Crippen molar-refractivity contribution in [1.29, 1.82) is 0 Å². The van der Waals surface area contributed by atoms with Gasteiger partial charge in [-0.25, -0.2) is 14.4 Å². The third kappa shape index (κ3) is 5.48. The molecule has 2 aromatic carbocycles. The predicted octanol–water partition coefficient (Wildman–Crippen LogP) is 4.77. The average Bonchev–Trinajstić information content (AvgIpc) is 2.75. The van der Waals surface area contributed by atoms with Crippen LogP contribution < -0.4 is 20.3 Å². The monoisotopic (exact) mass is 423 g/mol. The molecule has 0 bridgehead atoms. The van der Waals surface area contributed by atoms with E-state index < -0.39 is 11.7 Å². The first-order chi connectivity index (χ1) is 14.9. The Morgan fingerprint density at radius 1 is 1.03 bits per heavy atom. The number of amides is 1. The quantitative estimate of drug-likeness (QED) is 0.543. The summed E-state index contributed by atoms with van der Waals surface area (Å²) in [5.74, 6) is 1.35. The Hall–Kier alpha value is -3.68. The SMILES string of the molecule is CCN(CC)c1cc(Nc2ccc(NC(=O)c3ccc(OC)c(F)c3)cc2)nc(C)n1. The number of carbonyl (C=O) groups is 1. The molecule has 7 nitrogen and oxygen atoms in total. The molecule has 2 N–H and O–H groups in total. The van der Waals surface area contributed by atoms with Crippen molar-refractivity contribution in [2.24, 2.45) is 0 Å². The molecular weight excluding hydrogens is 397 g/mol. The normalized spacial score (nSPS) is 10.5. The summed E-state index contributed by atoms with van der Waals surface area (Å²) in [5.41, 5.74) is 1.62. The lowest BCUT2D eigenvalue weighted by atomic mass is 10.2. The van der Waals surface area contributed by atoms with E-state index in [9.17, 15) is 9.18 Å². The Morgan fingerprint density at radius 2 is 1.71 bits per heavy atom. The van der Waals surface area contributed by atoms with Crippen LogP contribution in [0.3, 0.4) is 0 Å². The molecule has 0 spiro atoms. The number of hydrogen-bond donors (Lipinski definition) is 2. The van der Waals surface area contributed by atoms with Crippen molar-refractivity contribution < 1.29 is 13.9 Å². The molecule has 3 aromatic rings. The molecule has 0 aliphatic carbocycles. The van der Waals surface area contributed by atoms with E-state index >= 15 is 0 Å². The van der Waals surface area contributed by atoms with Gasteiger partial charge in [0.1, 0.15) is 17.5 Å². The molecule has 1 amide bonds. The van der Waals surface area contributed by atoms with Gasteiger partial charge in [0.2, 0.25) is 0 Å². The van der Waals surface area contributed by atoms with Crippen molar-refractivity contribution in [2.75, 3.05) is 35.7 Å². The molecule has 8 heteroatoms. The summed E-state index contributed by atoms with van der Waals surface area (Å²) in [5, 5.41) is 6.02. The number of nitrogens with zero attached hydrogens (tertiary/aromatic N) is 3. The van der Waals surface area contributed by atoms with Crippen LogP contribution >= 0.6 is 0 Å². The molecule has 0 saturated carbocycles. The van der Waals surface area contributed by atoms with Crippen molar-refractivity contribution in [2.45, 2.75) is 20.8 Å². The van der Waals surface area contributed by atoms with Gasteiger partial charge in [-0.05, 0) is 63.2 Å². The topological polar surface area (TPSA) is 79.4 Å². The number of aryl methyl sites for hydroxylation is 1. The van der Waals surface area contributed by atoms with E-state index in [0.29, 0.717) is 17.3 Å². The summed E-state index contributed by atoms with van der Waals surface area (Å²) in [6, 6.07) is 13.2. The molecule has 0 fully saturated rings. The van der Waals surface area contributed by atoms with E-state index in [4.69, 9.17) is 4.74 Å². The van der Waals surface area contributed by atoms with Crippen molar-refractivity contribution >= 4 is 28.9 Å². The number of hydrogen-bond acceptors (Lipinski definition) is 6. The van der Waals surface area contributed by atoms with E-state index in [-0.39, 0.29) is 11.3 Å². The molecular formula is C23H26FN5O2. The fourth-order valence-electron chi connectivity index (χ4n) is 3.12. The molecule has 0 unspecified atom stereocenters. The fraction of sp³-hybridized carbons (Fsp3) is 0.261. The second-order valence-electron chi connectivity index (χ2n) is 6.84. The number of aromatic nitrogens is 2. The van der Waals surface area contributed by atoms with Gasteiger partial charge in [0, 0.05) is 36.1 Å². The van der Waals surface area contributed by atoms with Crippen LogP contribution in [0.25, 0.3) is 0 Å². The number of halogens is 1. The first kappa shape index (κ1) is 22.0. The molecule has 1 heterocycles. The molecule has 0 aliphatic heterocycles. The highest BCUT2D eigenvalue weighted by atomic mass is 19.1. The second-order valence-corrected chi connectivity index (χ2v) is 6.84. The lowest BCUT2D eigenvalue weighted by Crippen LogP contribution is -2.23. The van der Waals surface area contributed by atoms with Crippen molar-refractivity contribution in [3.63, 3.8) is 0 Å². The Bertz CT molecular complexity index is 1050. The number of nitrogens with one attached hydrogen (secondary N) is 2. The van der Waals surface area contributed by atoms with Crippen LogP contribution in [-0.2, 0) is 0 Å². The van der Waals surface area contributed by atoms with Crippen LogP contribution in [0, 0.1) is 12.7 Å². The highest BCUT2D eigenvalue weighted by Crippen LogP contribution is 2.22. The molecule has 1 aromatic heterocycles. The van der Waals surface area contributed by atoms with Gasteiger partial charge in [-0.3, -0.25) is 4.79 Å². The van der Waals surface area contributed by atoms with Crippen LogP contribution in [0.1, 0.15) is 30.0 Å². The highest BCUT2D eigenvalue weighted by Gasteiger charge is 2.11. The van der Waals surface area contributed by atoms with Crippen LogP contribution in [0.4, 0.5) is 27.4 Å². The van der Waals surface area contributed by atoms with Crippen molar-refractivity contribution in [1.82, 2.24) is 9.97 Å². The predicted molar refractivity (Wildman–Crippen MR) is 121 cm³/mol. The number of benzene rings is 2. The van der Waals surface area contributed by atoms with Crippen LogP contribution in [0.5, 0.6) is 5.75 Å². The Kier molecular flexibility index (Phi) is 7.02. The maximum absolute atomic E-state index is 13.8. The third-order valence-electron chi connectivity index (χ3n) is 4.74. The summed E-state index contributed by atoms with van der Waals surface area (Å²) in [6.45, 7) is 7.75. The van der Waals surface area contributed by atoms with Gasteiger partial charge in [0.25, 0.3) is 5.91 Å². The van der Waals surface area contributed by atoms with E-state index in [1.165, 1.54) is 19.2 Å². The first-order valence-electron chi connectivity index (χ1n) is 10.1. The molecule has 0 atom stereocenters. The minimum Gasteiger partial charge on any atom is -0.494 e. The third-order valence-corrected chi connectivity index (χ3v) is 4.74. The Labute approximate surface area is 181 Å². The van der Waals surface area contributed by atoms with E-state index in [1.54, 1.807) is 12.1 Å². The summed E-state index contributed by atoms with van der Waals surface area (Å²) in [4.78, 5) is 23.5. The van der Waals surface area contributed by atoms with Gasteiger partial charge in [0.15, 0.2) is 11.6 Å². The van der Waals surface area contributed by atoms with E-state index in [0.717, 1.165) is 30.7 Å². The number of anilines is 4. The number of methoxy groups -OCH3 is 1. The lowest BCUT2D eigenvalue weighted by molar-refractivity contribution is 0.102. The first-order valence-corrected chi connectivity index (χ1v) is 10.1. The zero-order chi connectivity index (χ0) is 22.4. The fourth-order valence-corrected chi connectivity index (χ4v) is 3.12. The Balaban J connectivity index is 1.69. The summed E-state index contributed by atoms with van der Waals surface area (Å²) in [7, 11) is 1.38. The molecule has 0 radical (unpaired) electrons. The molecule has 31 heavy (non-hydrogen) atoms. The standard InChI is InChI=1S/C23H26FN5O2/c1-5-29(6-2)22-14-21(25-15(3)26-22)27-17-8-10-18(11-9-17)28-23(30)16-7-12-20(31-4)19(24)13-16/h7-14H,5-6H2,1-4H3,(H,28,30)(H,25,26,27). The average molecular weight is 423 g/mol. The number of carbonyl (C=O) groups excluding carboxylic acids is 1. The van der Waals surface area contributed by atoms with Crippen molar-refractivity contribution in [3.8, 4) is 5.75 Å².